The maximum absolute atomic E-state index is 13.6. The number of hydrogen-bond donors (Lipinski definition) is 2. The summed E-state index contributed by atoms with van der Waals surface area (Å²) in [6.45, 7) is 12.1. The van der Waals surface area contributed by atoms with Gasteiger partial charge in [0.25, 0.3) is 5.91 Å². The van der Waals surface area contributed by atoms with Crippen molar-refractivity contribution in [3.05, 3.63) is 77.7 Å². The molecule has 5 aromatic rings. The van der Waals surface area contributed by atoms with Crippen molar-refractivity contribution in [2.45, 2.75) is 78.7 Å². The molecule has 0 bridgehead atoms. The van der Waals surface area contributed by atoms with E-state index in [1.165, 1.54) is 0 Å². The molecule has 1 fully saturated rings. The maximum Gasteiger partial charge on any atom is 0.410 e. The Morgan fingerprint density at radius 1 is 1.08 bits per heavy atom. The smallest absolute Gasteiger partial charge is 0.410 e. The van der Waals surface area contributed by atoms with Gasteiger partial charge in [-0.1, -0.05) is 36.4 Å². The number of nitrogens with zero attached hydrogens (tertiary/aromatic N) is 5. The standard InChI is InChI=1S/C40H49N7O5/c1-7-46(39(49)52-40(3,4)5)25-29-23-41-24-31(26(29)2)28-17-18-32-30(22-28)35(45-47(32)33-16-11-12-21-51-33)37-43-34(27-14-9-8-10-15-27)36(44-37)38(48)42-19-13-20-50-6/h8-10,14-15,17-18,22-24,33H,7,11-13,16,19-21,25H2,1-6H3,(H,42,48)(H,43,44). The Hall–Kier alpha value is -5.07. The highest BCUT2D eigenvalue weighted by atomic mass is 16.6. The van der Waals surface area contributed by atoms with Gasteiger partial charge in [-0.25, -0.2) is 14.5 Å². The summed E-state index contributed by atoms with van der Waals surface area (Å²) in [5.74, 6) is 0.233. The molecule has 1 aliphatic heterocycles. The zero-order valence-corrected chi connectivity index (χ0v) is 31.0. The molecule has 1 unspecified atom stereocenters. The van der Waals surface area contributed by atoms with Crippen LogP contribution in [0.2, 0.25) is 0 Å². The molecule has 0 radical (unpaired) electrons. The first kappa shape index (κ1) is 36.7. The summed E-state index contributed by atoms with van der Waals surface area (Å²) in [6.07, 6.45) is 6.67. The Morgan fingerprint density at radius 2 is 1.88 bits per heavy atom. The van der Waals surface area contributed by atoms with Crippen LogP contribution in [0.1, 0.15) is 81.2 Å². The van der Waals surface area contributed by atoms with Crippen LogP contribution in [0.5, 0.6) is 0 Å². The van der Waals surface area contributed by atoms with E-state index in [1.54, 1.807) is 12.0 Å². The first-order chi connectivity index (χ1) is 25.1. The van der Waals surface area contributed by atoms with Gasteiger partial charge in [-0.05, 0) is 89.1 Å². The molecule has 1 saturated heterocycles. The summed E-state index contributed by atoms with van der Waals surface area (Å²) < 4.78 is 19.0. The lowest BCUT2D eigenvalue weighted by molar-refractivity contribution is -0.0365. The van der Waals surface area contributed by atoms with E-state index >= 15 is 0 Å². The predicted molar refractivity (Wildman–Crippen MR) is 201 cm³/mol. The average molecular weight is 708 g/mol. The Bertz CT molecular complexity index is 2010. The fraction of sp³-hybridized carbons (Fsp3) is 0.425. The van der Waals surface area contributed by atoms with Crippen LogP contribution < -0.4 is 5.32 Å². The topological polar surface area (TPSA) is 136 Å². The molecule has 274 valence electrons. The van der Waals surface area contributed by atoms with Crippen molar-refractivity contribution < 1.29 is 23.8 Å². The summed E-state index contributed by atoms with van der Waals surface area (Å²) in [4.78, 5) is 41.2. The number of ether oxygens (including phenoxy) is 3. The minimum absolute atomic E-state index is 0.220. The molecule has 6 rings (SSSR count). The van der Waals surface area contributed by atoms with E-state index in [0.29, 0.717) is 62.2 Å². The van der Waals surface area contributed by atoms with Crippen molar-refractivity contribution in [2.75, 3.05) is 33.4 Å². The van der Waals surface area contributed by atoms with Crippen molar-refractivity contribution in [2.24, 2.45) is 0 Å². The molecule has 0 saturated carbocycles. The van der Waals surface area contributed by atoms with Crippen LogP contribution in [0.25, 0.3) is 44.8 Å². The van der Waals surface area contributed by atoms with Crippen LogP contribution in [0.15, 0.2) is 60.9 Å². The summed E-state index contributed by atoms with van der Waals surface area (Å²) in [5.41, 5.74) is 6.47. The Morgan fingerprint density at radius 3 is 2.60 bits per heavy atom. The van der Waals surface area contributed by atoms with Crippen molar-refractivity contribution in [1.29, 1.82) is 0 Å². The van der Waals surface area contributed by atoms with E-state index in [-0.39, 0.29) is 18.2 Å². The molecule has 1 atom stereocenters. The van der Waals surface area contributed by atoms with Crippen molar-refractivity contribution in [1.82, 2.24) is 34.9 Å². The maximum atomic E-state index is 13.6. The van der Waals surface area contributed by atoms with Gasteiger partial charge in [0.2, 0.25) is 0 Å². The molecule has 52 heavy (non-hydrogen) atoms. The van der Waals surface area contributed by atoms with Crippen LogP contribution in [0.4, 0.5) is 4.79 Å². The van der Waals surface area contributed by atoms with Gasteiger partial charge in [0.15, 0.2) is 12.1 Å². The molecule has 0 aliphatic carbocycles. The van der Waals surface area contributed by atoms with E-state index < -0.39 is 5.60 Å². The second kappa shape index (κ2) is 16.1. The monoisotopic (exact) mass is 707 g/mol. The number of carbonyl (C=O) groups excluding carboxylic acids is 2. The fourth-order valence-corrected chi connectivity index (χ4v) is 6.44. The van der Waals surface area contributed by atoms with Crippen molar-refractivity contribution in [3.8, 4) is 33.9 Å². The van der Waals surface area contributed by atoms with E-state index in [2.05, 4.69) is 40.4 Å². The molecule has 2 N–H and O–H groups in total. The lowest BCUT2D eigenvalue weighted by Crippen LogP contribution is -2.36. The van der Waals surface area contributed by atoms with Crippen LogP contribution in [-0.2, 0) is 20.8 Å². The highest BCUT2D eigenvalue weighted by molar-refractivity contribution is 6.01. The summed E-state index contributed by atoms with van der Waals surface area (Å²) in [5, 5.41) is 8.99. The SMILES string of the molecule is CCN(Cc1cncc(-c2ccc3c(c2)c(-c2nc(-c4ccccc4)c(C(=O)NCCCOC)[nH]2)nn3C2CCCCO2)c1C)C(=O)OC(C)(C)C. The third kappa shape index (κ3) is 8.18. The minimum atomic E-state index is -0.593. The van der Waals surface area contributed by atoms with Gasteiger partial charge in [0, 0.05) is 62.3 Å². The zero-order chi connectivity index (χ0) is 36.8. The number of methoxy groups -OCH3 is 1. The first-order valence-corrected chi connectivity index (χ1v) is 18.1. The summed E-state index contributed by atoms with van der Waals surface area (Å²) >= 11 is 0. The van der Waals surface area contributed by atoms with E-state index in [4.69, 9.17) is 24.3 Å². The van der Waals surface area contributed by atoms with Gasteiger partial charge in [-0.3, -0.25) is 9.78 Å². The molecule has 4 heterocycles. The number of fused-ring (bicyclic) bond motifs is 1. The number of aromatic amines is 1. The number of benzene rings is 2. The number of carbonyl (C=O) groups is 2. The van der Waals surface area contributed by atoms with Gasteiger partial charge in [0.05, 0.1) is 12.1 Å². The molecule has 12 heteroatoms. The van der Waals surface area contributed by atoms with E-state index in [0.717, 1.165) is 58.0 Å². The number of hydrogen-bond acceptors (Lipinski definition) is 8. The molecular weight excluding hydrogens is 658 g/mol. The van der Waals surface area contributed by atoms with Gasteiger partial charge in [-0.15, -0.1) is 0 Å². The summed E-state index contributed by atoms with van der Waals surface area (Å²) in [6, 6.07) is 15.9. The van der Waals surface area contributed by atoms with Crippen molar-refractivity contribution in [3.63, 3.8) is 0 Å². The van der Waals surface area contributed by atoms with Crippen LogP contribution in [0, 0.1) is 6.92 Å². The van der Waals surface area contributed by atoms with Crippen LogP contribution in [0.3, 0.4) is 0 Å². The number of aromatic nitrogens is 5. The van der Waals surface area contributed by atoms with E-state index in [9.17, 15) is 9.59 Å². The predicted octanol–water partition coefficient (Wildman–Crippen LogP) is 7.69. The third-order valence-corrected chi connectivity index (χ3v) is 9.17. The molecule has 3 aromatic heterocycles. The lowest BCUT2D eigenvalue weighted by Gasteiger charge is -2.27. The quantitative estimate of drug-likeness (QED) is 0.126. The molecule has 2 amide bonds. The van der Waals surface area contributed by atoms with Gasteiger partial charge in [-0.2, -0.15) is 5.10 Å². The molecular formula is C40H49N7O5. The molecule has 0 spiro atoms. The highest BCUT2D eigenvalue weighted by Gasteiger charge is 2.27. The fourth-order valence-electron chi connectivity index (χ4n) is 6.44. The molecule has 12 nitrogen and oxygen atoms in total. The Labute approximate surface area is 304 Å². The molecule has 1 aliphatic rings. The number of nitrogens with one attached hydrogen (secondary N) is 2. The number of imidazole rings is 1. The second-order valence-corrected chi connectivity index (χ2v) is 14.1. The van der Waals surface area contributed by atoms with Crippen LogP contribution >= 0.6 is 0 Å². The van der Waals surface area contributed by atoms with E-state index in [1.807, 2.05) is 75.1 Å². The van der Waals surface area contributed by atoms with Crippen molar-refractivity contribution >= 4 is 22.9 Å². The largest absolute Gasteiger partial charge is 0.444 e. The normalized spacial score (nSPS) is 14.8. The lowest BCUT2D eigenvalue weighted by atomic mass is 9.97. The highest BCUT2D eigenvalue weighted by Crippen LogP contribution is 2.37. The Balaban J connectivity index is 1.43. The third-order valence-electron chi connectivity index (χ3n) is 9.17. The average Bonchev–Trinajstić information content (AvgIpc) is 3.75. The Kier molecular flexibility index (Phi) is 11.4. The van der Waals surface area contributed by atoms with Gasteiger partial charge >= 0.3 is 6.09 Å². The number of rotatable bonds is 12. The number of pyridine rings is 1. The second-order valence-electron chi connectivity index (χ2n) is 14.1. The number of H-pyrrole nitrogens is 1. The van der Waals surface area contributed by atoms with Gasteiger partial charge in [0.1, 0.15) is 22.7 Å². The van der Waals surface area contributed by atoms with Gasteiger partial charge < -0.3 is 29.4 Å². The number of amides is 2. The molecule has 2 aromatic carbocycles. The first-order valence-electron chi connectivity index (χ1n) is 18.1. The van der Waals surface area contributed by atoms with Crippen LogP contribution in [-0.4, -0.2) is 80.6 Å². The minimum Gasteiger partial charge on any atom is -0.444 e. The zero-order valence-electron chi connectivity index (χ0n) is 31.0. The summed E-state index contributed by atoms with van der Waals surface area (Å²) in [7, 11) is 1.64.